The minimum absolute atomic E-state index is 0.000593. The third kappa shape index (κ3) is 6.29. The van der Waals surface area contributed by atoms with Gasteiger partial charge in [0, 0.05) is 43.4 Å². The Labute approximate surface area is 182 Å². The Hall–Kier alpha value is -2.93. The van der Waals surface area contributed by atoms with Gasteiger partial charge in [0.25, 0.3) is 5.91 Å². The van der Waals surface area contributed by atoms with Crippen LogP contribution in [0, 0.1) is 0 Å². The van der Waals surface area contributed by atoms with Gasteiger partial charge in [-0.1, -0.05) is 23.7 Å². The molecule has 1 saturated heterocycles. The van der Waals surface area contributed by atoms with Crippen molar-refractivity contribution in [1.29, 1.82) is 0 Å². The van der Waals surface area contributed by atoms with Crippen molar-refractivity contribution in [1.82, 2.24) is 10.2 Å². The smallest absolute Gasteiger partial charge is 0.257 e. The predicted octanol–water partition coefficient (Wildman–Crippen LogP) is 2.49. The topological polar surface area (TPSA) is 83.2 Å². The molecule has 8 heteroatoms. The fourth-order valence-electron chi connectivity index (χ4n) is 3.25. The van der Waals surface area contributed by atoms with Crippen LogP contribution in [0.25, 0.3) is 0 Å². The van der Waals surface area contributed by atoms with E-state index in [4.69, 9.17) is 22.1 Å². The number of nitrogens with two attached hydrogens (primary N) is 1. The summed E-state index contributed by atoms with van der Waals surface area (Å²) in [5, 5.41) is 3.45. The number of amides is 1. The molecule has 3 rings (SSSR count). The van der Waals surface area contributed by atoms with Gasteiger partial charge >= 0.3 is 0 Å². The summed E-state index contributed by atoms with van der Waals surface area (Å²) in [5.41, 5.74) is 8.37. The molecule has 0 aliphatic carbocycles. The van der Waals surface area contributed by atoms with Crippen LogP contribution in [0.3, 0.4) is 0 Å². The van der Waals surface area contributed by atoms with Gasteiger partial charge in [0.1, 0.15) is 5.75 Å². The molecule has 0 spiro atoms. The van der Waals surface area contributed by atoms with Crippen LogP contribution in [0.1, 0.15) is 12.5 Å². The predicted molar refractivity (Wildman–Crippen MR) is 121 cm³/mol. The first-order valence-corrected chi connectivity index (χ1v) is 10.5. The lowest BCUT2D eigenvalue weighted by molar-refractivity contribution is -0.122. The van der Waals surface area contributed by atoms with E-state index < -0.39 is 0 Å². The van der Waals surface area contributed by atoms with Crippen molar-refractivity contribution in [3.8, 4) is 5.75 Å². The number of carbonyl (C=O) groups excluding carboxylic acids is 1. The van der Waals surface area contributed by atoms with Gasteiger partial charge in [-0.3, -0.25) is 4.79 Å². The van der Waals surface area contributed by atoms with Gasteiger partial charge in [-0.15, -0.1) is 0 Å². The highest BCUT2D eigenvalue weighted by Crippen LogP contribution is 2.19. The Morgan fingerprint density at radius 2 is 1.90 bits per heavy atom. The number of guanidine groups is 1. The molecule has 1 amide bonds. The molecular formula is C22H28ClN5O2. The van der Waals surface area contributed by atoms with Crippen molar-refractivity contribution in [2.45, 2.75) is 13.5 Å². The second-order valence-corrected chi connectivity index (χ2v) is 7.45. The SMILES string of the molecule is CCNC(=O)COc1cccc(CN=C(N)N2CCN(c3ccc(Cl)cc3)CC2)c1. The van der Waals surface area contributed by atoms with Crippen molar-refractivity contribution in [3.05, 3.63) is 59.1 Å². The lowest BCUT2D eigenvalue weighted by Gasteiger charge is -2.36. The zero-order valence-electron chi connectivity index (χ0n) is 17.2. The van der Waals surface area contributed by atoms with E-state index in [9.17, 15) is 4.79 Å². The van der Waals surface area contributed by atoms with E-state index in [1.807, 2.05) is 55.5 Å². The number of hydrogen-bond donors (Lipinski definition) is 2. The number of likely N-dealkylation sites (N-methyl/N-ethyl adjacent to an activating group) is 1. The molecule has 0 aromatic heterocycles. The second-order valence-electron chi connectivity index (χ2n) is 7.01. The van der Waals surface area contributed by atoms with Gasteiger partial charge in [-0.25, -0.2) is 4.99 Å². The molecule has 0 bridgehead atoms. The molecule has 1 heterocycles. The van der Waals surface area contributed by atoms with Crippen LogP contribution in [-0.2, 0) is 11.3 Å². The summed E-state index contributed by atoms with van der Waals surface area (Å²) in [6, 6.07) is 15.5. The van der Waals surface area contributed by atoms with Crippen LogP contribution >= 0.6 is 11.6 Å². The Bertz CT molecular complexity index is 864. The number of aliphatic imine (C=N–C) groups is 1. The normalized spacial score (nSPS) is 14.5. The van der Waals surface area contributed by atoms with Crippen LogP contribution < -0.4 is 20.7 Å². The fourth-order valence-corrected chi connectivity index (χ4v) is 3.37. The molecule has 160 valence electrons. The standard InChI is InChI=1S/C22H28ClN5O2/c1-2-25-21(29)16-30-20-5-3-4-17(14-20)15-26-22(24)28-12-10-27(11-13-28)19-8-6-18(23)7-9-19/h3-9,14H,2,10-13,15-16H2,1H3,(H2,24,26)(H,25,29). The van der Waals surface area contributed by atoms with E-state index in [-0.39, 0.29) is 12.5 Å². The summed E-state index contributed by atoms with van der Waals surface area (Å²) in [5.74, 6) is 1.05. The van der Waals surface area contributed by atoms with E-state index >= 15 is 0 Å². The van der Waals surface area contributed by atoms with Gasteiger partial charge in [0.2, 0.25) is 0 Å². The third-order valence-corrected chi connectivity index (χ3v) is 5.11. The van der Waals surface area contributed by atoms with E-state index in [1.165, 1.54) is 5.69 Å². The van der Waals surface area contributed by atoms with Gasteiger partial charge < -0.3 is 25.6 Å². The molecule has 0 unspecified atom stereocenters. The molecule has 2 aromatic rings. The van der Waals surface area contributed by atoms with E-state index in [2.05, 4.69) is 20.1 Å². The highest BCUT2D eigenvalue weighted by atomic mass is 35.5. The number of ether oxygens (including phenoxy) is 1. The Morgan fingerprint density at radius 3 is 2.60 bits per heavy atom. The average molecular weight is 430 g/mol. The monoisotopic (exact) mass is 429 g/mol. The maximum atomic E-state index is 11.5. The number of nitrogens with one attached hydrogen (secondary N) is 1. The quantitative estimate of drug-likeness (QED) is 0.522. The highest BCUT2D eigenvalue weighted by molar-refractivity contribution is 6.30. The van der Waals surface area contributed by atoms with Gasteiger partial charge in [0.15, 0.2) is 12.6 Å². The molecule has 1 aliphatic heterocycles. The number of hydrogen-bond acceptors (Lipinski definition) is 4. The molecule has 0 radical (unpaired) electrons. The first-order valence-electron chi connectivity index (χ1n) is 10.1. The van der Waals surface area contributed by atoms with Crippen molar-refractivity contribution in [2.24, 2.45) is 10.7 Å². The number of halogens is 1. The first kappa shape index (κ1) is 21.8. The summed E-state index contributed by atoms with van der Waals surface area (Å²) in [7, 11) is 0. The summed E-state index contributed by atoms with van der Waals surface area (Å²) in [6.07, 6.45) is 0. The van der Waals surface area contributed by atoms with Crippen LogP contribution in [0.5, 0.6) is 5.75 Å². The molecule has 0 saturated carbocycles. The number of rotatable bonds is 7. The molecular weight excluding hydrogens is 402 g/mol. The molecule has 1 aliphatic rings. The maximum absolute atomic E-state index is 11.5. The van der Waals surface area contributed by atoms with Crippen molar-refractivity contribution in [2.75, 3.05) is 44.2 Å². The van der Waals surface area contributed by atoms with Crippen LogP contribution in [-0.4, -0.2) is 56.1 Å². The molecule has 1 fully saturated rings. The van der Waals surface area contributed by atoms with E-state index in [0.717, 1.165) is 36.8 Å². The number of piperazine rings is 1. The van der Waals surface area contributed by atoms with E-state index in [0.29, 0.717) is 24.8 Å². The highest BCUT2D eigenvalue weighted by Gasteiger charge is 2.18. The van der Waals surface area contributed by atoms with Crippen LogP contribution in [0.4, 0.5) is 5.69 Å². The van der Waals surface area contributed by atoms with Crippen LogP contribution in [0.15, 0.2) is 53.5 Å². The van der Waals surface area contributed by atoms with Crippen molar-refractivity contribution in [3.63, 3.8) is 0 Å². The zero-order chi connectivity index (χ0) is 21.3. The molecule has 3 N–H and O–H groups in total. The lowest BCUT2D eigenvalue weighted by atomic mass is 10.2. The fraction of sp³-hybridized carbons (Fsp3) is 0.364. The molecule has 7 nitrogen and oxygen atoms in total. The Morgan fingerprint density at radius 1 is 1.17 bits per heavy atom. The first-order chi connectivity index (χ1) is 14.5. The number of nitrogens with zero attached hydrogens (tertiary/aromatic N) is 3. The summed E-state index contributed by atoms with van der Waals surface area (Å²) in [4.78, 5) is 20.5. The minimum atomic E-state index is -0.136. The zero-order valence-corrected chi connectivity index (χ0v) is 17.9. The third-order valence-electron chi connectivity index (χ3n) is 4.86. The summed E-state index contributed by atoms with van der Waals surface area (Å²) < 4.78 is 5.53. The molecule has 0 atom stereocenters. The van der Waals surface area contributed by atoms with Gasteiger partial charge in [0.05, 0.1) is 6.54 Å². The maximum Gasteiger partial charge on any atom is 0.257 e. The summed E-state index contributed by atoms with van der Waals surface area (Å²) >= 11 is 5.97. The van der Waals surface area contributed by atoms with Crippen LogP contribution in [0.2, 0.25) is 5.02 Å². The Kier molecular flexibility index (Phi) is 7.79. The number of anilines is 1. The minimum Gasteiger partial charge on any atom is -0.484 e. The lowest BCUT2D eigenvalue weighted by Crippen LogP contribution is -2.51. The number of carbonyl (C=O) groups is 1. The van der Waals surface area contributed by atoms with E-state index in [1.54, 1.807) is 0 Å². The molecule has 2 aromatic carbocycles. The Balaban J connectivity index is 1.50. The molecule has 30 heavy (non-hydrogen) atoms. The largest absolute Gasteiger partial charge is 0.484 e. The van der Waals surface area contributed by atoms with Crippen molar-refractivity contribution >= 4 is 29.2 Å². The second kappa shape index (κ2) is 10.7. The van der Waals surface area contributed by atoms with Gasteiger partial charge in [-0.2, -0.15) is 0 Å². The number of benzene rings is 2. The van der Waals surface area contributed by atoms with Gasteiger partial charge in [-0.05, 0) is 48.9 Å². The van der Waals surface area contributed by atoms with Crippen molar-refractivity contribution < 1.29 is 9.53 Å². The average Bonchev–Trinajstić information content (AvgIpc) is 2.77. The summed E-state index contributed by atoms with van der Waals surface area (Å²) in [6.45, 7) is 6.30.